The highest BCUT2D eigenvalue weighted by Gasteiger charge is 2.24. The molecule has 0 saturated heterocycles. The largest absolute Gasteiger partial charge is 0.370 e. The first-order valence-electron chi connectivity index (χ1n) is 7.74. The first-order chi connectivity index (χ1) is 11.6. The van der Waals surface area contributed by atoms with Crippen LogP contribution in [0.4, 0.5) is 5.69 Å². The zero-order valence-corrected chi connectivity index (χ0v) is 14.3. The number of aromatic nitrogens is 3. The highest BCUT2D eigenvalue weighted by molar-refractivity contribution is 7.99. The summed E-state index contributed by atoms with van der Waals surface area (Å²) in [4.78, 5) is 25.2. The minimum absolute atomic E-state index is 0.0617. The van der Waals surface area contributed by atoms with Crippen molar-refractivity contribution in [3.63, 3.8) is 0 Å². The number of primary amides is 1. The van der Waals surface area contributed by atoms with Crippen LogP contribution < -0.4 is 10.6 Å². The zero-order chi connectivity index (χ0) is 17.1. The van der Waals surface area contributed by atoms with E-state index in [-0.39, 0.29) is 18.2 Å². The van der Waals surface area contributed by atoms with Crippen molar-refractivity contribution in [1.82, 2.24) is 14.8 Å². The number of carbonyl (C=O) groups is 2. The second kappa shape index (κ2) is 7.04. The number of carbonyl (C=O) groups excluding carboxylic acids is 2. The van der Waals surface area contributed by atoms with E-state index in [0.29, 0.717) is 23.2 Å². The number of hydrogen-bond donors (Lipinski definition) is 1. The molecule has 2 amide bonds. The van der Waals surface area contributed by atoms with E-state index in [1.807, 2.05) is 30.1 Å². The van der Waals surface area contributed by atoms with Gasteiger partial charge in [0.05, 0.1) is 5.75 Å². The molecule has 0 unspecified atom stereocenters. The van der Waals surface area contributed by atoms with Crippen molar-refractivity contribution in [2.75, 3.05) is 17.2 Å². The molecule has 0 fully saturated rings. The van der Waals surface area contributed by atoms with Gasteiger partial charge in [0, 0.05) is 32.1 Å². The molecular weight excluding hydrogens is 326 g/mol. The van der Waals surface area contributed by atoms with Gasteiger partial charge in [-0.15, -0.1) is 10.2 Å². The summed E-state index contributed by atoms with van der Waals surface area (Å²) in [7, 11) is 1.83. The van der Waals surface area contributed by atoms with E-state index in [9.17, 15) is 9.59 Å². The van der Waals surface area contributed by atoms with Crippen LogP contribution in [-0.4, -0.2) is 38.9 Å². The number of thioether (sulfide) groups is 1. The van der Waals surface area contributed by atoms with Gasteiger partial charge < -0.3 is 15.2 Å². The Kier molecular flexibility index (Phi) is 4.84. The zero-order valence-electron chi connectivity index (χ0n) is 13.4. The standard InChI is InChI=1S/C16H19N5O2S/c1-20-14(7-6-13(17)22)18-19-16(20)24-10-15(23)21-9-8-11-4-2-3-5-12(11)21/h2-5H,6-10H2,1H3,(H2,17,22). The maximum atomic E-state index is 12.5. The van der Waals surface area contributed by atoms with E-state index in [4.69, 9.17) is 5.73 Å². The lowest BCUT2D eigenvalue weighted by Crippen LogP contribution is -2.30. The Balaban J connectivity index is 1.60. The lowest BCUT2D eigenvalue weighted by Gasteiger charge is -2.16. The summed E-state index contributed by atoms with van der Waals surface area (Å²) in [5.41, 5.74) is 7.37. The monoisotopic (exact) mass is 345 g/mol. The molecule has 2 N–H and O–H groups in total. The number of anilines is 1. The molecule has 24 heavy (non-hydrogen) atoms. The minimum atomic E-state index is -0.366. The third kappa shape index (κ3) is 3.43. The highest BCUT2D eigenvalue weighted by atomic mass is 32.2. The van der Waals surface area contributed by atoms with Gasteiger partial charge in [-0.25, -0.2) is 0 Å². The average molecular weight is 345 g/mol. The summed E-state index contributed by atoms with van der Waals surface area (Å²) < 4.78 is 1.80. The number of nitrogens with two attached hydrogens (primary N) is 1. The van der Waals surface area contributed by atoms with Crippen molar-refractivity contribution >= 4 is 29.3 Å². The Labute approximate surface area is 144 Å². The molecule has 0 aliphatic carbocycles. The molecule has 0 atom stereocenters. The number of aryl methyl sites for hydroxylation is 1. The second-order valence-corrected chi connectivity index (χ2v) is 6.58. The van der Waals surface area contributed by atoms with Gasteiger partial charge in [-0.3, -0.25) is 9.59 Å². The van der Waals surface area contributed by atoms with Gasteiger partial charge >= 0.3 is 0 Å². The van der Waals surface area contributed by atoms with Gasteiger partial charge in [-0.05, 0) is 18.1 Å². The van der Waals surface area contributed by atoms with Crippen molar-refractivity contribution < 1.29 is 9.59 Å². The van der Waals surface area contributed by atoms with Crippen molar-refractivity contribution in [1.29, 1.82) is 0 Å². The summed E-state index contributed by atoms with van der Waals surface area (Å²) in [6, 6.07) is 7.98. The molecule has 3 rings (SSSR count). The second-order valence-electron chi connectivity index (χ2n) is 5.64. The first-order valence-corrected chi connectivity index (χ1v) is 8.72. The van der Waals surface area contributed by atoms with Crippen LogP contribution in [0.5, 0.6) is 0 Å². The van der Waals surface area contributed by atoms with Gasteiger partial charge in [0.15, 0.2) is 5.16 Å². The van der Waals surface area contributed by atoms with E-state index < -0.39 is 0 Å². The number of fused-ring (bicyclic) bond motifs is 1. The van der Waals surface area contributed by atoms with Gasteiger partial charge in [-0.1, -0.05) is 30.0 Å². The van der Waals surface area contributed by atoms with Crippen molar-refractivity contribution in [3.05, 3.63) is 35.7 Å². The van der Waals surface area contributed by atoms with Crippen molar-refractivity contribution in [2.45, 2.75) is 24.4 Å². The van der Waals surface area contributed by atoms with Gasteiger partial charge in [0.25, 0.3) is 0 Å². The molecule has 0 spiro atoms. The van der Waals surface area contributed by atoms with Gasteiger partial charge in [0.1, 0.15) is 5.82 Å². The topological polar surface area (TPSA) is 94.1 Å². The molecular formula is C16H19N5O2S. The van der Waals surface area contributed by atoms with Crippen LogP contribution in [0.3, 0.4) is 0 Å². The number of nitrogens with zero attached hydrogens (tertiary/aromatic N) is 4. The van der Waals surface area contributed by atoms with Crippen LogP contribution in [0.2, 0.25) is 0 Å². The number of hydrogen-bond acceptors (Lipinski definition) is 5. The smallest absolute Gasteiger partial charge is 0.237 e. The fourth-order valence-corrected chi connectivity index (χ4v) is 3.53. The third-order valence-corrected chi connectivity index (χ3v) is 5.04. The molecule has 2 aromatic rings. The molecule has 2 heterocycles. The number of amides is 2. The molecule has 1 aliphatic heterocycles. The quantitative estimate of drug-likeness (QED) is 0.786. The maximum absolute atomic E-state index is 12.5. The van der Waals surface area contributed by atoms with E-state index in [1.165, 1.54) is 17.3 Å². The Bertz CT molecular complexity index is 774. The Morgan fingerprint density at radius 3 is 2.88 bits per heavy atom. The first kappa shape index (κ1) is 16.5. The molecule has 1 aliphatic rings. The lowest BCUT2D eigenvalue weighted by molar-refractivity contribution is -0.118. The number of para-hydroxylation sites is 1. The normalized spacial score (nSPS) is 13.1. The summed E-state index contributed by atoms with van der Waals surface area (Å²) in [6.07, 6.45) is 1.58. The molecule has 0 saturated carbocycles. The molecule has 8 heteroatoms. The molecule has 126 valence electrons. The third-order valence-electron chi connectivity index (χ3n) is 4.03. The summed E-state index contributed by atoms with van der Waals surface area (Å²) in [5, 5.41) is 8.81. The highest BCUT2D eigenvalue weighted by Crippen LogP contribution is 2.28. The molecule has 1 aromatic carbocycles. The fraction of sp³-hybridized carbons (Fsp3) is 0.375. The fourth-order valence-electron chi connectivity index (χ4n) is 2.72. The van der Waals surface area contributed by atoms with Crippen molar-refractivity contribution in [3.8, 4) is 0 Å². The minimum Gasteiger partial charge on any atom is -0.370 e. The summed E-state index contributed by atoms with van der Waals surface area (Å²) in [6.45, 7) is 0.724. The Morgan fingerprint density at radius 2 is 2.08 bits per heavy atom. The lowest BCUT2D eigenvalue weighted by atomic mass is 10.2. The van der Waals surface area contributed by atoms with Gasteiger partial charge in [0.2, 0.25) is 11.8 Å². The Morgan fingerprint density at radius 1 is 1.29 bits per heavy atom. The van der Waals surface area contributed by atoms with Crippen LogP contribution in [0.1, 0.15) is 17.8 Å². The van der Waals surface area contributed by atoms with Gasteiger partial charge in [-0.2, -0.15) is 0 Å². The van der Waals surface area contributed by atoms with Crippen LogP contribution >= 0.6 is 11.8 Å². The molecule has 0 bridgehead atoms. The van der Waals surface area contributed by atoms with E-state index >= 15 is 0 Å². The molecule has 0 radical (unpaired) electrons. The number of rotatable bonds is 6. The summed E-state index contributed by atoms with van der Waals surface area (Å²) in [5.74, 6) is 0.688. The van der Waals surface area contributed by atoms with Crippen LogP contribution in [0.25, 0.3) is 0 Å². The van der Waals surface area contributed by atoms with E-state index in [2.05, 4.69) is 16.3 Å². The Hall–Kier alpha value is -2.35. The van der Waals surface area contributed by atoms with Crippen LogP contribution in [0, 0.1) is 0 Å². The van der Waals surface area contributed by atoms with Crippen LogP contribution in [0.15, 0.2) is 29.4 Å². The number of benzene rings is 1. The van der Waals surface area contributed by atoms with Crippen molar-refractivity contribution in [2.24, 2.45) is 12.8 Å². The molecule has 7 nitrogen and oxygen atoms in total. The van der Waals surface area contributed by atoms with E-state index in [1.54, 1.807) is 4.57 Å². The van der Waals surface area contributed by atoms with Crippen LogP contribution in [-0.2, 0) is 29.5 Å². The SMILES string of the molecule is Cn1c(CCC(N)=O)nnc1SCC(=O)N1CCc2ccccc21. The average Bonchev–Trinajstić information content (AvgIpc) is 3.14. The predicted molar refractivity (Wildman–Crippen MR) is 91.7 cm³/mol. The molecule has 1 aromatic heterocycles. The van der Waals surface area contributed by atoms with E-state index in [0.717, 1.165) is 18.7 Å². The summed E-state index contributed by atoms with van der Waals surface area (Å²) >= 11 is 1.35. The predicted octanol–water partition coefficient (Wildman–Crippen LogP) is 0.914. The maximum Gasteiger partial charge on any atom is 0.237 e.